The SMILES string of the molecule is CC/C=C\C/C=C\C/C=C\C/C=C\C=C/C(O)C/C=C\CCC(=O)OC[C@H](COP(=O)(O)OCC[N+](C)(C)C)OC(=O)CCC/C=C\C/C=C\C/C=C\CCCCCCCC. The third-order valence-electron chi connectivity index (χ3n) is 8.88. The standard InChI is InChI=1S/C50H82NO9P/c1-6-8-10-12-14-16-18-20-21-22-23-25-27-29-31-33-37-42-50(54)60-48(46-59-61(55,56)58-44-43-51(3,4)5)45-57-49(53)41-38-34-36-40-47(52)39-35-32-30-28-26-24-19-17-15-13-11-9-7-2/h9,11,15,17,20-21,23-26,29-32,34-36,39,47-48,52H,6-8,10,12-14,16,18-19,22,27-28,33,37-38,40-46H2,1-5H3/p+1/b11-9-,17-15-,21-20-,25-23-,26-24-,31-29-,32-30-,36-34-,39-35-/t47?,48-/m1/s1. The highest BCUT2D eigenvalue weighted by atomic mass is 31.2. The highest BCUT2D eigenvalue weighted by molar-refractivity contribution is 7.47. The molecule has 2 N–H and O–H groups in total. The van der Waals surface area contributed by atoms with E-state index in [2.05, 4.69) is 80.7 Å². The first-order chi connectivity index (χ1) is 29.4. The zero-order valence-electron chi connectivity index (χ0n) is 38.5. The highest BCUT2D eigenvalue weighted by Gasteiger charge is 2.27. The van der Waals surface area contributed by atoms with Crippen LogP contribution >= 0.6 is 7.82 Å². The number of quaternary nitrogens is 1. The van der Waals surface area contributed by atoms with E-state index in [0.29, 0.717) is 36.7 Å². The predicted octanol–water partition coefficient (Wildman–Crippen LogP) is 12.1. The van der Waals surface area contributed by atoms with Crippen molar-refractivity contribution in [3.8, 4) is 0 Å². The lowest BCUT2D eigenvalue weighted by Gasteiger charge is -2.24. The van der Waals surface area contributed by atoms with Gasteiger partial charge in [-0.1, -0.05) is 155 Å². The summed E-state index contributed by atoms with van der Waals surface area (Å²) >= 11 is 0. The van der Waals surface area contributed by atoms with Crippen LogP contribution < -0.4 is 0 Å². The smallest absolute Gasteiger partial charge is 0.462 e. The normalized spacial score (nSPS) is 15.1. The summed E-state index contributed by atoms with van der Waals surface area (Å²) in [5.74, 6) is -1.05. The van der Waals surface area contributed by atoms with Gasteiger partial charge in [0.25, 0.3) is 0 Å². The van der Waals surface area contributed by atoms with Crippen molar-refractivity contribution in [1.29, 1.82) is 0 Å². The fourth-order valence-corrected chi connectivity index (χ4v) is 6.06. The van der Waals surface area contributed by atoms with E-state index in [9.17, 15) is 24.2 Å². The molecule has 0 aliphatic rings. The molecular formula is C50H83NO9P+. The molecule has 0 radical (unpaired) electrons. The largest absolute Gasteiger partial charge is 0.472 e. The lowest BCUT2D eigenvalue weighted by molar-refractivity contribution is -0.870. The van der Waals surface area contributed by atoms with Gasteiger partial charge in [0.05, 0.1) is 33.9 Å². The minimum absolute atomic E-state index is 0.0114. The van der Waals surface area contributed by atoms with Gasteiger partial charge in [-0.05, 0) is 77.0 Å². The lowest BCUT2D eigenvalue weighted by atomic mass is 10.1. The van der Waals surface area contributed by atoms with Gasteiger partial charge in [-0.3, -0.25) is 18.6 Å². The van der Waals surface area contributed by atoms with E-state index in [1.54, 1.807) is 18.2 Å². The molecule has 0 rings (SSSR count). The second kappa shape index (κ2) is 40.7. The van der Waals surface area contributed by atoms with Crippen molar-refractivity contribution in [2.24, 2.45) is 0 Å². The maximum absolute atomic E-state index is 12.7. The number of ether oxygens (including phenoxy) is 2. The van der Waals surface area contributed by atoms with Crippen molar-refractivity contribution in [3.05, 3.63) is 109 Å². The molecule has 0 aromatic rings. The zero-order valence-corrected chi connectivity index (χ0v) is 39.4. The maximum Gasteiger partial charge on any atom is 0.472 e. The average molecular weight is 873 g/mol. The summed E-state index contributed by atoms with van der Waals surface area (Å²) in [5, 5.41) is 10.2. The number of aliphatic hydroxyl groups is 1. The molecule has 0 bridgehead atoms. The second-order valence-corrected chi connectivity index (χ2v) is 17.3. The summed E-state index contributed by atoms with van der Waals surface area (Å²) in [6.07, 6.45) is 51.8. The molecule has 2 unspecified atom stereocenters. The number of phosphoric acid groups is 1. The number of allylic oxidation sites excluding steroid dienone is 16. The summed E-state index contributed by atoms with van der Waals surface area (Å²) in [6, 6.07) is 0. The number of unbranched alkanes of at least 4 members (excludes halogenated alkanes) is 7. The van der Waals surface area contributed by atoms with Gasteiger partial charge in [-0.15, -0.1) is 0 Å². The van der Waals surface area contributed by atoms with Crippen molar-refractivity contribution < 1.29 is 47.2 Å². The Hall–Kier alpha value is -3.37. The third-order valence-corrected chi connectivity index (χ3v) is 9.87. The van der Waals surface area contributed by atoms with Crippen LogP contribution in [0.25, 0.3) is 0 Å². The Morgan fingerprint density at radius 1 is 0.607 bits per heavy atom. The number of esters is 2. The summed E-state index contributed by atoms with van der Waals surface area (Å²) in [7, 11) is 1.33. The Labute approximate surface area is 370 Å². The van der Waals surface area contributed by atoms with Crippen molar-refractivity contribution in [3.63, 3.8) is 0 Å². The first-order valence-corrected chi connectivity index (χ1v) is 24.2. The Balaban J connectivity index is 4.66. The van der Waals surface area contributed by atoms with Gasteiger partial charge in [0.2, 0.25) is 0 Å². The van der Waals surface area contributed by atoms with E-state index in [0.717, 1.165) is 44.9 Å². The Morgan fingerprint density at radius 2 is 1.16 bits per heavy atom. The lowest BCUT2D eigenvalue weighted by Crippen LogP contribution is -2.37. The van der Waals surface area contributed by atoms with Crippen LogP contribution in [0.4, 0.5) is 0 Å². The molecule has 0 amide bonds. The number of rotatable bonds is 39. The summed E-state index contributed by atoms with van der Waals surface area (Å²) in [6.45, 7) is 4.01. The number of phosphoric ester groups is 1. The molecule has 3 atom stereocenters. The van der Waals surface area contributed by atoms with Crippen molar-refractivity contribution in [2.75, 3.05) is 47.5 Å². The van der Waals surface area contributed by atoms with Gasteiger partial charge in [-0.25, -0.2) is 4.57 Å². The van der Waals surface area contributed by atoms with Crippen LogP contribution in [0.1, 0.15) is 136 Å². The van der Waals surface area contributed by atoms with E-state index >= 15 is 0 Å². The summed E-state index contributed by atoms with van der Waals surface area (Å²) < 4.78 is 34.1. The molecule has 0 aromatic carbocycles. The number of aliphatic hydroxyl groups excluding tert-OH is 1. The number of nitrogens with zero attached hydrogens (tertiary/aromatic N) is 1. The minimum atomic E-state index is -4.44. The zero-order chi connectivity index (χ0) is 45.1. The molecule has 0 spiro atoms. The maximum atomic E-state index is 12.7. The number of likely N-dealkylation sites (N-methyl/N-ethyl adjacent to an activating group) is 1. The van der Waals surface area contributed by atoms with Crippen LogP contribution in [0.2, 0.25) is 0 Å². The molecule has 61 heavy (non-hydrogen) atoms. The Bertz CT molecular complexity index is 1420. The summed E-state index contributed by atoms with van der Waals surface area (Å²) in [5.41, 5.74) is 0. The van der Waals surface area contributed by atoms with Gasteiger partial charge in [0, 0.05) is 12.8 Å². The van der Waals surface area contributed by atoms with Crippen molar-refractivity contribution >= 4 is 19.8 Å². The molecule has 0 saturated heterocycles. The molecular weight excluding hydrogens is 790 g/mol. The van der Waals surface area contributed by atoms with E-state index in [1.165, 1.54) is 38.5 Å². The van der Waals surface area contributed by atoms with Crippen LogP contribution in [0.15, 0.2) is 109 Å². The molecule has 0 aromatic heterocycles. The fraction of sp³-hybridized carbons (Fsp3) is 0.600. The highest BCUT2D eigenvalue weighted by Crippen LogP contribution is 2.43. The van der Waals surface area contributed by atoms with E-state index in [4.69, 9.17) is 18.5 Å². The predicted molar refractivity (Wildman–Crippen MR) is 253 cm³/mol. The molecule has 346 valence electrons. The first-order valence-electron chi connectivity index (χ1n) is 22.7. The quantitative estimate of drug-likeness (QED) is 0.0155. The van der Waals surface area contributed by atoms with Crippen LogP contribution in [0.5, 0.6) is 0 Å². The average Bonchev–Trinajstić information content (AvgIpc) is 3.21. The molecule has 0 heterocycles. The fourth-order valence-electron chi connectivity index (χ4n) is 5.31. The van der Waals surface area contributed by atoms with Gasteiger partial charge in [0.1, 0.15) is 19.8 Å². The number of hydrogen-bond donors (Lipinski definition) is 2. The van der Waals surface area contributed by atoms with Crippen LogP contribution in [-0.2, 0) is 32.7 Å². The molecule has 0 aliphatic carbocycles. The van der Waals surface area contributed by atoms with E-state index in [1.807, 2.05) is 45.4 Å². The third kappa shape index (κ3) is 44.5. The van der Waals surface area contributed by atoms with Gasteiger partial charge >= 0.3 is 19.8 Å². The van der Waals surface area contributed by atoms with Crippen molar-refractivity contribution in [2.45, 2.75) is 148 Å². The summed E-state index contributed by atoms with van der Waals surface area (Å²) in [4.78, 5) is 35.4. The van der Waals surface area contributed by atoms with E-state index in [-0.39, 0.29) is 26.1 Å². The molecule has 11 heteroatoms. The van der Waals surface area contributed by atoms with Crippen LogP contribution in [-0.4, -0.2) is 86.1 Å². The van der Waals surface area contributed by atoms with Crippen LogP contribution in [0.3, 0.4) is 0 Å². The van der Waals surface area contributed by atoms with Crippen molar-refractivity contribution in [1.82, 2.24) is 0 Å². The van der Waals surface area contributed by atoms with Crippen LogP contribution in [0, 0.1) is 0 Å². The topological polar surface area (TPSA) is 129 Å². The molecule has 0 aliphatic heterocycles. The van der Waals surface area contributed by atoms with Gasteiger partial charge in [-0.2, -0.15) is 0 Å². The molecule has 0 saturated carbocycles. The van der Waals surface area contributed by atoms with Gasteiger partial charge < -0.3 is 24.0 Å². The Morgan fingerprint density at radius 3 is 1.79 bits per heavy atom. The molecule has 0 fully saturated rings. The minimum Gasteiger partial charge on any atom is -0.462 e. The first kappa shape index (κ1) is 57.6. The molecule has 10 nitrogen and oxygen atoms in total. The Kier molecular flexibility index (Phi) is 38.4. The monoisotopic (exact) mass is 873 g/mol. The number of hydrogen-bond acceptors (Lipinski definition) is 8. The second-order valence-electron chi connectivity index (χ2n) is 15.9. The van der Waals surface area contributed by atoms with E-state index < -0.39 is 38.6 Å². The number of carbonyl (C=O) groups is 2. The van der Waals surface area contributed by atoms with Gasteiger partial charge in [0.15, 0.2) is 6.10 Å². The number of carbonyl (C=O) groups excluding carboxylic acids is 2.